The van der Waals surface area contributed by atoms with Gasteiger partial charge in [0.2, 0.25) is 0 Å². The molecule has 2 aromatic carbocycles. The highest BCUT2D eigenvalue weighted by Gasteiger charge is 2.23. The number of carbonyl (C=O) groups is 1. The average Bonchev–Trinajstić information content (AvgIpc) is 2.79. The molecule has 1 saturated heterocycles. The third-order valence-corrected chi connectivity index (χ3v) is 5.44. The average molecular weight is 417 g/mol. The lowest BCUT2D eigenvalue weighted by atomic mass is 10.1. The minimum atomic E-state index is 0.0525. The Morgan fingerprint density at radius 2 is 1.61 bits per heavy atom. The van der Waals surface area contributed by atoms with E-state index in [0.717, 1.165) is 35.9 Å². The minimum absolute atomic E-state index is 0.0525. The lowest BCUT2D eigenvalue weighted by Crippen LogP contribution is -2.49. The van der Waals surface area contributed by atoms with Gasteiger partial charge >= 0.3 is 0 Å². The van der Waals surface area contributed by atoms with Gasteiger partial charge < -0.3 is 14.5 Å². The molecule has 0 atom stereocenters. The zero-order chi connectivity index (χ0) is 21.8. The molecule has 0 unspecified atom stereocenters. The van der Waals surface area contributed by atoms with Gasteiger partial charge in [-0.2, -0.15) is 0 Å². The highest BCUT2D eigenvalue weighted by Crippen LogP contribution is 2.23. The molecule has 6 nitrogen and oxygen atoms in total. The summed E-state index contributed by atoms with van der Waals surface area (Å²) in [6.07, 6.45) is 0.114. The maximum absolute atomic E-state index is 12.8. The number of aromatic nitrogens is 2. The van der Waals surface area contributed by atoms with Crippen molar-refractivity contribution in [3.63, 3.8) is 0 Å². The van der Waals surface area contributed by atoms with E-state index in [0.29, 0.717) is 18.7 Å². The van der Waals surface area contributed by atoms with Gasteiger partial charge in [-0.15, -0.1) is 10.2 Å². The van der Waals surface area contributed by atoms with Crippen molar-refractivity contribution in [2.24, 2.45) is 0 Å². The van der Waals surface area contributed by atoms with Crippen LogP contribution in [0.1, 0.15) is 29.8 Å². The van der Waals surface area contributed by atoms with E-state index in [1.165, 1.54) is 5.56 Å². The number of ether oxygens (including phenoxy) is 1. The molecule has 0 saturated carbocycles. The third kappa shape index (κ3) is 4.85. The Bertz CT molecular complexity index is 1020. The van der Waals surface area contributed by atoms with Crippen LogP contribution in [0.25, 0.3) is 11.3 Å². The van der Waals surface area contributed by atoms with Crippen molar-refractivity contribution < 1.29 is 9.53 Å². The molecular formula is C25H28N4O2. The molecule has 0 radical (unpaired) electrons. The highest BCUT2D eigenvalue weighted by molar-refractivity contribution is 5.94. The van der Waals surface area contributed by atoms with Crippen molar-refractivity contribution >= 4 is 11.7 Å². The maximum atomic E-state index is 12.8. The van der Waals surface area contributed by atoms with Crippen LogP contribution in [0, 0.1) is 6.92 Å². The summed E-state index contributed by atoms with van der Waals surface area (Å²) in [7, 11) is 0. The number of piperazine rings is 1. The van der Waals surface area contributed by atoms with Crippen LogP contribution < -0.4 is 9.64 Å². The summed E-state index contributed by atoms with van der Waals surface area (Å²) in [5.41, 5.74) is 3.84. The number of aryl methyl sites for hydroxylation is 1. The zero-order valence-electron chi connectivity index (χ0n) is 18.3. The highest BCUT2D eigenvalue weighted by atomic mass is 16.5. The van der Waals surface area contributed by atoms with Crippen LogP contribution >= 0.6 is 0 Å². The quantitative estimate of drug-likeness (QED) is 0.624. The molecule has 1 amide bonds. The molecule has 2 heterocycles. The number of hydrogen-bond acceptors (Lipinski definition) is 5. The van der Waals surface area contributed by atoms with Crippen molar-refractivity contribution in [2.45, 2.75) is 26.9 Å². The largest absolute Gasteiger partial charge is 0.491 e. The summed E-state index contributed by atoms with van der Waals surface area (Å²) >= 11 is 0. The van der Waals surface area contributed by atoms with Crippen LogP contribution in [0.3, 0.4) is 0 Å². The van der Waals surface area contributed by atoms with Gasteiger partial charge in [-0.25, -0.2) is 0 Å². The SMILES string of the molecule is Cc1ccccc1-c1ccc(N2CCN(C(=O)c3ccc(OC(C)C)cc3)CC2)nn1. The first-order chi connectivity index (χ1) is 15.0. The number of benzene rings is 2. The maximum Gasteiger partial charge on any atom is 0.253 e. The second-order valence-electron chi connectivity index (χ2n) is 8.06. The molecule has 0 spiro atoms. The van der Waals surface area contributed by atoms with Gasteiger partial charge in [0.1, 0.15) is 5.75 Å². The van der Waals surface area contributed by atoms with Gasteiger partial charge in [0.25, 0.3) is 5.91 Å². The van der Waals surface area contributed by atoms with Crippen LogP contribution in [0.15, 0.2) is 60.7 Å². The third-order valence-electron chi connectivity index (χ3n) is 5.44. The standard InChI is InChI=1S/C25H28N4O2/c1-18(2)31-21-10-8-20(9-11-21)25(30)29-16-14-28(15-17-29)24-13-12-23(26-27-24)22-7-5-4-6-19(22)3/h4-13,18H,14-17H2,1-3H3. The van der Waals surface area contributed by atoms with Gasteiger partial charge in [0.15, 0.2) is 5.82 Å². The van der Waals surface area contributed by atoms with E-state index in [9.17, 15) is 4.79 Å². The number of hydrogen-bond donors (Lipinski definition) is 0. The molecule has 31 heavy (non-hydrogen) atoms. The van der Waals surface area contributed by atoms with E-state index in [2.05, 4.69) is 34.2 Å². The molecule has 0 bridgehead atoms. The molecule has 1 aliphatic heterocycles. The van der Waals surface area contributed by atoms with E-state index >= 15 is 0 Å². The lowest BCUT2D eigenvalue weighted by Gasteiger charge is -2.35. The van der Waals surface area contributed by atoms with Crippen LogP contribution in [0.2, 0.25) is 0 Å². The van der Waals surface area contributed by atoms with Crippen LogP contribution in [0.5, 0.6) is 5.75 Å². The molecule has 6 heteroatoms. The minimum Gasteiger partial charge on any atom is -0.491 e. The fraction of sp³-hybridized carbons (Fsp3) is 0.320. The number of anilines is 1. The van der Waals surface area contributed by atoms with Crippen molar-refractivity contribution in [1.29, 1.82) is 0 Å². The van der Waals surface area contributed by atoms with Crippen LogP contribution in [-0.2, 0) is 0 Å². The summed E-state index contributed by atoms with van der Waals surface area (Å²) in [6, 6.07) is 19.6. The monoisotopic (exact) mass is 416 g/mol. The Morgan fingerprint density at radius 1 is 0.903 bits per heavy atom. The summed E-state index contributed by atoms with van der Waals surface area (Å²) in [5.74, 6) is 1.68. The van der Waals surface area contributed by atoms with Gasteiger partial charge in [-0.05, 0) is 62.7 Å². The summed E-state index contributed by atoms with van der Waals surface area (Å²) < 4.78 is 5.66. The molecule has 0 aliphatic carbocycles. The molecule has 3 aromatic rings. The van der Waals surface area contributed by atoms with Crippen molar-refractivity contribution in [3.05, 3.63) is 71.8 Å². The second-order valence-corrected chi connectivity index (χ2v) is 8.06. The predicted molar refractivity (Wildman–Crippen MR) is 123 cm³/mol. The van der Waals surface area contributed by atoms with Crippen LogP contribution in [0.4, 0.5) is 5.82 Å². The predicted octanol–water partition coefficient (Wildman–Crippen LogP) is 4.20. The Hall–Kier alpha value is -3.41. The molecule has 1 fully saturated rings. The Labute approximate surface area is 183 Å². The summed E-state index contributed by atoms with van der Waals surface area (Å²) in [4.78, 5) is 16.9. The fourth-order valence-corrected chi connectivity index (χ4v) is 3.77. The first kappa shape index (κ1) is 20.8. The molecule has 160 valence electrons. The van der Waals surface area contributed by atoms with Crippen molar-refractivity contribution in [3.8, 4) is 17.0 Å². The van der Waals surface area contributed by atoms with E-state index in [1.54, 1.807) is 0 Å². The van der Waals surface area contributed by atoms with Crippen molar-refractivity contribution in [2.75, 3.05) is 31.1 Å². The molecular weight excluding hydrogens is 388 g/mol. The fourth-order valence-electron chi connectivity index (χ4n) is 3.77. The summed E-state index contributed by atoms with van der Waals surface area (Å²) in [6.45, 7) is 8.83. The Balaban J connectivity index is 1.36. The van der Waals surface area contributed by atoms with E-state index in [-0.39, 0.29) is 12.0 Å². The van der Waals surface area contributed by atoms with Gasteiger partial charge in [0.05, 0.1) is 11.8 Å². The second kappa shape index (κ2) is 9.16. The van der Waals surface area contributed by atoms with Gasteiger partial charge in [-0.3, -0.25) is 4.79 Å². The molecule has 1 aliphatic rings. The van der Waals surface area contributed by atoms with Gasteiger partial charge in [0, 0.05) is 37.3 Å². The number of rotatable bonds is 5. The first-order valence-electron chi connectivity index (χ1n) is 10.7. The van der Waals surface area contributed by atoms with E-state index in [1.807, 2.05) is 67.3 Å². The first-order valence-corrected chi connectivity index (χ1v) is 10.7. The van der Waals surface area contributed by atoms with Crippen molar-refractivity contribution in [1.82, 2.24) is 15.1 Å². The number of nitrogens with zero attached hydrogens (tertiary/aromatic N) is 4. The van der Waals surface area contributed by atoms with E-state index < -0.39 is 0 Å². The Kier molecular flexibility index (Phi) is 6.16. The van der Waals surface area contributed by atoms with Gasteiger partial charge in [-0.1, -0.05) is 24.3 Å². The summed E-state index contributed by atoms with van der Waals surface area (Å²) in [5, 5.41) is 8.87. The smallest absolute Gasteiger partial charge is 0.253 e. The number of carbonyl (C=O) groups excluding carboxylic acids is 1. The lowest BCUT2D eigenvalue weighted by molar-refractivity contribution is 0.0746. The zero-order valence-corrected chi connectivity index (χ0v) is 18.3. The molecule has 4 rings (SSSR count). The molecule has 0 N–H and O–H groups in total. The molecule has 1 aromatic heterocycles. The van der Waals surface area contributed by atoms with E-state index in [4.69, 9.17) is 4.74 Å². The number of amides is 1. The van der Waals surface area contributed by atoms with Crippen LogP contribution in [-0.4, -0.2) is 53.3 Å². The topological polar surface area (TPSA) is 58.6 Å². The normalized spacial score (nSPS) is 14.1. The Morgan fingerprint density at radius 3 is 2.23 bits per heavy atom.